The molecule has 100 valence electrons. The Morgan fingerprint density at radius 2 is 2.06 bits per heavy atom. The average molecular weight is 251 g/mol. The molecule has 0 amide bonds. The van der Waals surface area contributed by atoms with E-state index < -0.39 is 5.97 Å². The van der Waals surface area contributed by atoms with Gasteiger partial charge in [-0.2, -0.15) is 0 Å². The minimum atomic E-state index is -1.00. The van der Waals surface area contributed by atoms with E-state index in [0.717, 1.165) is 19.3 Å². The zero-order chi connectivity index (χ0) is 13.2. The van der Waals surface area contributed by atoms with Crippen molar-refractivity contribution in [2.75, 3.05) is 0 Å². The lowest BCUT2D eigenvalue weighted by Crippen LogP contribution is -2.25. The lowest BCUT2D eigenvalue weighted by atomic mass is 9.75. The van der Waals surface area contributed by atoms with Crippen LogP contribution in [0.4, 0.5) is 0 Å². The van der Waals surface area contributed by atoms with Gasteiger partial charge in [-0.25, -0.2) is 9.78 Å². The van der Waals surface area contributed by atoms with Crippen LogP contribution < -0.4 is 0 Å². The Hall–Kier alpha value is -1.32. The molecule has 1 N–H and O–H groups in total. The largest absolute Gasteiger partial charge is 0.475 e. The molecule has 1 fully saturated rings. The SMILES string of the molecule is CCCc1nc(C2(C)CCCCC2)oc1C(=O)O. The van der Waals surface area contributed by atoms with Crippen LogP contribution in [0.5, 0.6) is 0 Å². The number of rotatable bonds is 4. The first-order valence-electron chi connectivity index (χ1n) is 6.80. The third-order valence-corrected chi connectivity index (χ3v) is 3.85. The molecule has 0 spiro atoms. The normalized spacial score (nSPS) is 18.8. The van der Waals surface area contributed by atoms with Crippen LogP contribution in [0, 0.1) is 0 Å². The van der Waals surface area contributed by atoms with Crippen LogP contribution in [0.2, 0.25) is 0 Å². The maximum atomic E-state index is 11.2. The Balaban J connectivity index is 2.33. The van der Waals surface area contributed by atoms with E-state index in [9.17, 15) is 4.79 Å². The molecule has 0 atom stereocenters. The highest BCUT2D eigenvalue weighted by Crippen LogP contribution is 2.39. The predicted molar refractivity (Wildman–Crippen MR) is 67.9 cm³/mol. The van der Waals surface area contributed by atoms with Gasteiger partial charge in [0.2, 0.25) is 11.7 Å². The summed E-state index contributed by atoms with van der Waals surface area (Å²) >= 11 is 0. The molecule has 0 bridgehead atoms. The molecule has 18 heavy (non-hydrogen) atoms. The van der Waals surface area contributed by atoms with Crippen molar-refractivity contribution in [3.8, 4) is 0 Å². The van der Waals surface area contributed by atoms with E-state index in [4.69, 9.17) is 9.52 Å². The number of aromatic carboxylic acids is 1. The first-order chi connectivity index (χ1) is 8.57. The minimum Gasteiger partial charge on any atom is -0.475 e. The van der Waals surface area contributed by atoms with Crippen molar-refractivity contribution < 1.29 is 14.3 Å². The van der Waals surface area contributed by atoms with Crippen molar-refractivity contribution in [3.63, 3.8) is 0 Å². The molecule has 1 aliphatic rings. The molecular formula is C14H21NO3. The van der Waals surface area contributed by atoms with Crippen LogP contribution in [-0.2, 0) is 11.8 Å². The van der Waals surface area contributed by atoms with Crippen LogP contribution in [0.15, 0.2) is 4.42 Å². The summed E-state index contributed by atoms with van der Waals surface area (Å²) in [5.74, 6) is -0.335. The number of nitrogens with zero attached hydrogens (tertiary/aromatic N) is 1. The number of aryl methyl sites for hydroxylation is 1. The third kappa shape index (κ3) is 2.42. The maximum Gasteiger partial charge on any atom is 0.373 e. The highest BCUT2D eigenvalue weighted by atomic mass is 16.4. The van der Waals surface area contributed by atoms with E-state index in [1.807, 2.05) is 6.92 Å². The molecule has 1 aromatic heterocycles. The summed E-state index contributed by atoms with van der Waals surface area (Å²) in [5, 5.41) is 9.15. The Morgan fingerprint density at radius 1 is 1.39 bits per heavy atom. The van der Waals surface area contributed by atoms with Gasteiger partial charge in [-0.3, -0.25) is 0 Å². The number of hydrogen-bond donors (Lipinski definition) is 1. The van der Waals surface area contributed by atoms with Gasteiger partial charge in [-0.05, 0) is 19.3 Å². The molecule has 1 saturated carbocycles. The molecule has 4 nitrogen and oxygen atoms in total. The first kappa shape index (κ1) is 13.1. The van der Waals surface area contributed by atoms with Crippen molar-refractivity contribution in [1.82, 2.24) is 4.98 Å². The van der Waals surface area contributed by atoms with E-state index in [1.54, 1.807) is 0 Å². The Labute approximate surface area is 107 Å². The molecule has 0 aliphatic heterocycles. The Bertz CT molecular complexity index is 430. The minimum absolute atomic E-state index is 0.0404. The van der Waals surface area contributed by atoms with Crippen molar-refractivity contribution >= 4 is 5.97 Å². The number of hydrogen-bond acceptors (Lipinski definition) is 3. The summed E-state index contributed by atoms with van der Waals surface area (Å²) in [4.78, 5) is 15.6. The van der Waals surface area contributed by atoms with E-state index in [2.05, 4.69) is 11.9 Å². The van der Waals surface area contributed by atoms with Crippen LogP contribution in [0.25, 0.3) is 0 Å². The number of oxazole rings is 1. The summed E-state index contributed by atoms with van der Waals surface area (Å²) in [7, 11) is 0. The molecule has 0 radical (unpaired) electrons. The van der Waals surface area contributed by atoms with Gasteiger partial charge in [0.25, 0.3) is 0 Å². The van der Waals surface area contributed by atoms with Crippen LogP contribution >= 0.6 is 0 Å². The fourth-order valence-corrected chi connectivity index (χ4v) is 2.73. The zero-order valence-electron chi connectivity index (χ0n) is 11.2. The summed E-state index contributed by atoms with van der Waals surface area (Å²) < 4.78 is 5.56. The van der Waals surface area contributed by atoms with Gasteiger partial charge in [-0.15, -0.1) is 0 Å². The number of carboxylic acid groups (broad SMARTS) is 1. The lowest BCUT2D eigenvalue weighted by molar-refractivity contribution is 0.0654. The van der Waals surface area contributed by atoms with Gasteiger partial charge >= 0.3 is 5.97 Å². The predicted octanol–water partition coefficient (Wildman–Crippen LogP) is 3.55. The molecule has 1 aromatic rings. The van der Waals surface area contributed by atoms with Gasteiger partial charge < -0.3 is 9.52 Å². The summed E-state index contributed by atoms with van der Waals surface area (Å²) in [6.07, 6.45) is 7.22. The van der Waals surface area contributed by atoms with Crippen LogP contribution in [-0.4, -0.2) is 16.1 Å². The van der Waals surface area contributed by atoms with E-state index in [1.165, 1.54) is 19.3 Å². The number of aromatic nitrogens is 1. The highest BCUT2D eigenvalue weighted by Gasteiger charge is 2.35. The molecular weight excluding hydrogens is 230 g/mol. The first-order valence-corrected chi connectivity index (χ1v) is 6.80. The van der Waals surface area contributed by atoms with Crippen molar-refractivity contribution in [2.45, 2.75) is 64.2 Å². The second kappa shape index (κ2) is 5.12. The number of carbonyl (C=O) groups is 1. The molecule has 4 heteroatoms. The summed E-state index contributed by atoms with van der Waals surface area (Å²) in [5.41, 5.74) is 0.529. The fourth-order valence-electron chi connectivity index (χ4n) is 2.73. The maximum absolute atomic E-state index is 11.2. The monoisotopic (exact) mass is 251 g/mol. The average Bonchev–Trinajstić information content (AvgIpc) is 2.75. The van der Waals surface area contributed by atoms with Gasteiger partial charge in [0.15, 0.2) is 0 Å². The topological polar surface area (TPSA) is 63.3 Å². The molecule has 2 rings (SSSR count). The Kier molecular flexibility index (Phi) is 3.73. The van der Waals surface area contributed by atoms with E-state index in [-0.39, 0.29) is 11.2 Å². The zero-order valence-corrected chi connectivity index (χ0v) is 11.2. The van der Waals surface area contributed by atoms with Crippen molar-refractivity contribution in [3.05, 3.63) is 17.3 Å². The second-order valence-electron chi connectivity index (χ2n) is 5.47. The summed E-state index contributed by atoms with van der Waals surface area (Å²) in [6.45, 7) is 4.15. The van der Waals surface area contributed by atoms with E-state index >= 15 is 0 Å². The van der Waals surface area contributed by atoms with Gasteiger partial charge in [0, 0.05) is 5.41 Å². The molecule has 0 unspecified atom stereocenters. The quantitative estimate of drug-likeness (QED) is 0.888. The van der Waals surface area contributed by atoms with Crippen molar-refractivity contribution in [1.29, 1.82) is 0 Å². The van der Waals surface area contributed by atoms with Crippen LogP contribution in [0.1, 0.15) is 74.5 Å². The van der Waals surface area contributed by atoms with Gasteiger partial charge in [0.05, 0.1) is 5.69 Å². The molecule has 1 aliphatic carbocycles. The van der Waals surface area contributed by atoms with Gasteiger partial charge in [-0.1, -0.05) is 39.5 Å². The second-order valence-corrected chi connectivity index (χ2v) is 5.47. The molecule has 0 saturated heterocycles. The van der Waals surface area contributed by atoms with E-state index in [0.29, 0.717) is 18.0 Å². The highest BCUT2D eigenvalue weighted by molar-refractivity contribution is 5.85. The smallest absolute Gasteiger partial charge is 0.373 e. The van der Waals surface area contributed by atoms with Crippen molar-refractivity contribution in [2.24, 2.45) is 0 Å². The number of carboxylic acids is 1. The third-order valence-electron chi connectivity index (χ3n) is 3.85. The molecule has 1 heterocycles. The van der Waals surface area contributed by atoms with Crippen LogP contribution in [0.3, 0.4) is 0 Å². The Morgan fingerprint density at radius 3 is 2.61 bits per heavy atom. The lowest BCUT2D eigenvalue weighted by Gasteiger charge is -2.30. The molecule has 0 aromatic carbocycles. The fraction of sp³-hybridized carbons (Fsp3) is 0.714. The standard InChI is InChI=1S/C14H21NO3/c1-3-7-10-11(12(16)17)18-13(15-10)14(2)8-5-4-6-9-14/h3-9H2,1-2H3,(H,16,17). The summed E-state index contributed by atoms with van der Waals surface area (Å²) in [6, 6.07) is 0. The van der Waals surface area contributed by atoms with Gasteiger partial charge in [0.1, 0.15) is 0 Å².